The molecule has 3 aromatic carbocycles. The molecule has 2 atom stereocenters. The zero-order valence-electron chi connectivity index (χ0n) is 20.6. The Bertz CT molecular complexity index is 1250. The number of esters is 1. The number of Topliss-reactive ketones (excluding diaryl/α,β-unsaturated/α-hetero) is 1. The second-order valence-corrected chi connectivity index (χ2v) is 10.1. The lowest BCUT2D eigenvalue weighted by atomic mass is 9.82. The van der Waals surface area contributed by atoms with E-state index in [0.29, 0.717) is 34.3 Å². The van der Waals surface area contributed by atoms with E-state index in [4.69, 9.17) is 4.74 Å². The number of benzene rings is 3. The predicted molar refractivity (Wildman–Crippen MR) is 138 cm³/mol. The molecule has 37 heavy (non-hydrogen) atoms. The van der Waals surface area contributed by atoms with Crippen LogP contribution in [-0.2, 0) is 9.53 Å². The van der Waals surface area contributed by atoms with Gasteiger partial charge in [0, 0.05) is 29.9 Å². The smallest absolute Gasteiger partial charge is 0.333 e. The summed E-state index contributed by atoms with van der Waals surface area (Å²) < 4.78 is 6.68. The highest BCUT2D eigenvalue weighted by Gasteiger charge is 2.49. The number of ketones is 1. The number of hydrogen-bond donors (Lipinski definition) is 2. The van der Waals surface area contributed by atoms with Gasteiger partial charge in [0.05, 0.1) is 13.1 Å². The third kappa shape index (κ3) is 5.57. The van der Waals surface area contributed by atoms with Gasteiger partial charge in [-0.1, -0.05) is 48.5 Å². The molecule has 7 nitrogen and oxygen atoms in total. The molecule has 3 saturated heterocycles. The summed E-state index contributed by atoms with van der Waals surface area (Å²) in [6.45, 7) is 2.65. The van der Waals surface area contributed by atoms with Crippen molar-refractivity contribution in [2.45, 2.75) is 25.0 Å². The molecule has 0 aromatic heterocycles. The SMILES string of the molecule is O=C(C[N+]12CCC(CC1)C(OC(=O)C(NC(=O)c1ccccc1)c1ccccc1)C2)c1ccc(O)cc1. The minimum absolute atomic E-state index is 0.0164. The van der Waals surface area contributed by atoms with Gasteiger partial charge in [-0.25, -0.2) is 4.79 Å². The summed E-state index contributed by atoms with van der Waals surface area (Å²) in [5.74, 6) is -0.445. The summed E-state index contributed by atoms with van der Waals surface area (Å²) >= 11 is 0. The number of aromatic hydroxyl groups is 1. The van der Waals surface area contributed by atoms with Gasteiger partial charge in [-0.2, -0.15) is 0 Å². The maximum atomic E-state index is 13.5. The first-order valence-corrected chi connectivity index (χ1v) is 12.7. The molecule has 6 rings (SSSR count). The molecular formula is C30H31N2O5+. The summed E-state index contributed by atoms with van der Waals surface area (Å²) in [5, 5.41) is 12.4. The topological polar surface area (TPSA) is 92.7 Å². The average Bonchev–Trinajstić information content (AvgIpc) is 2.93. The van der Waals surface area contributed by atoms with Crippen LogP contribution in [0.4, 0.5) is 0 Å². The second kappa shape index (κ2) is 10.6. The summed E-state index contributed by atoms with van der Waals surface area (Å²) in [4.78, 5) is 39.4. The number of phenols is 1. The van der Waals surface area contributed by atoms with E-state index in [0.717, 1.165) is 25.9 Å². The van der Waals surface area contributed by atoms with E-state index in [1.807, 2.05) is 24.3 Å². The van der Waals surface area contributed by atoms with Gasteiger partial charge in [-0.15, -0.1) is 0 Å². The molecule has 0 aliphatic carbocycles. The molecule has 190 valence electrons. The summed E-state index contributed by atoms with van der Waals surface area (Å²) in [6.07, 6.45) is 1.45. The Morgan fingerprint density at radius 1 is 0.865 bits per heavy atom. The third-order valence-corrected chi connectivity index (χ3v) is 7.66. The van der Waals surface area contributed by atoms with Crippen LogP contribution in [0.15, 0.2) is 84.9 Å². The lowest BCUT2D eigenvalue weighted by molar-refractivity contribution is -0.938. The molecule has 3 aliphatic rings. The number of hydrogen-bond acceptors (Lipinski definition) is 5. The molecule has 0 radical (unpaired) electrons. The quantitative estimate of drug-likeness (QED) is 0.279. The largest absolute Gasteiger partial charge is 0.508 e. The first kappa shape index (κ1) is 24.7. The molecule has 1 amide bonds. The Hall–Kier alpha value is -3.97. The normalized spacial score (nSPS) is 23.1. The number of nitrogens with one attached hydrogen (secondary N) is 1. The Balaban J connectivity index is 1.30. The zero-order valence-corrected chi connectivity index (χ0v) is 20.6. The second-order valence-electron chi connectivity index (χ2n) is 10.1. The van der Waals surface area contributed by atoms with Crippen molar-refractivity contribution in [2.75, 3.05) is 26.2 Å². The number of fused-ring (bicyclic) bond motifs is 3. The molecule has 0 spiro atoms. The Labute approximate surface area is 216 Å². The average molecular weight is 500 g/mol. The van der Waals surface area contributed by atoms with Gasteiger partial charge < -0.3 is 19.6 Å². The lowest BCUT2D eigenvalue weighted by Gasteiger charge is -2.51. The van der Waals surface area contributed by atoms with E-state index in [9.17, 15) is 19.5 Å². The molecule has 3 aliphatic heterocycles. The zero-order chi connectivity index (χ0) is 25.8. The summed E-state index contributed by atoms with van der Waals surface area (Å²) in [5.41, 5.74) is 1.69. The van der Waals surface area contributed by atoms with Gasteiger partial charge in [-0.05, 0) is 42.0 Å². The Morgan fingerprint density at radius 3 is 2.14 bits per heavy atom. The van der Waals surface area contributed by atoms with Crippen molar-refractivity contribution in [2.24, 2.45) is 5.92 Å². The number of rotatable bonds is 8. The molecular weight excluding hydrogens is 468 g/mol. The van der Waals surface area contributed by atoms with Crippen LogP contribution in [0.2, 0.25) is 0 Å². The van der Waals surface area contributed by atoms with E-state index in [2.05, 4.69) is 5.32 Å². The fourth-order valence-corrected chi connectivity index (χ4v) is 5.57. The van der Waals surface area contributed by atoms with Crippen molar-refractivity contribution in [3.8, 4) is 5.75 Å². The van der Waals surface area contributed by atoms with Crippen LogP contribution in [-0.4, -0.2) is 59.5 Å². The number of carbonyl (C=O) groups is 3. The minimum atomic E-state index is -0.934. The van der Waals surface area contributed by atoms with Crippen LogP contribution in [0, 0.1) is 5.92 Å². The number of quaternary nitrogens is 1. The number of amides is 1. The van der Waals surface area contributed by atoms with E-state index < -0.39 is 12.0 Å². The number of carbonyl (C=O) groups excluding carboxylic acids is 3. The van der Waals surface area contributed by atoms with Crippen LogP contribution in [0.1, 0.15) is 45.2 Å². The summed E-state index contributed by atoms with van der Waals surface area (Å²) in [7, 11) is 0. The number of phenolic OH excluding ortho intramolecular Hbond substituents is 1. The van der Waals surface area contributed by atoms with Crippen molar-refractivity contribution in [3.05, 3.63) is 102 Å². The van der Waals surface area contributed by atoms with Gasteiger partial charge >= 0.3 is 5.97 Å². The Morgan fingerprint density at radius 2 is 1.49 bits per heavy atom. The van der Waals surface area contributed by atoms with Crippen LogP contribution in [0.3, 0.4) is 0 Å². The maximum Gasteiger partial charge on any atom is 0.333 e. The molecule has 3 aromatic rings. The van der Waals surface area contributed by atoms with Crippen LogP contribution in [0.25, 0.3) is 0 Å². The monoisotopic (exact) mass is 499 g/mol. The van der Waals surface area contributed by atoms with Gasteiger partial charge in [0.15, 0.2) is 12.1 Å². The summed E-state index contributed by atoms with van der Waals surface area (Å²) in [6, 6.07) is 23.3. The maximum absolute atomic E-state index is 13.5. The third-order valence-electron chi connectivity index (χ3n) is 7.66. The number of nitrogens with zero attached hydrogens (tertiary/aromatic N) is 1. The molecule has 2 bridgehead atoms. The highest BCUT2D eigenvalue weighted by atomic mass is 16.5. The lowest BCUT2D eigenvalue weighted by Crippen LogP contribution is -2.66. The molecule has 7 heteroatoms. The van der Waals surface area contributed by atoms with Crippen molar-refractivity contribution >= 4 is 17.7 Å². The molecule has 2 N–H and O–H groups in total. The number of piperidine rings is 3. The van der Waals surface area contributed by atoms with Crippen molar-refractivity contribution < 1.29 is 28.7 Å². The van der Waals surface area contributed by atoms with E-state index in [1.165, 1.54) is 12.1 Å². The minimum Gasteiger partial charge on any atom is -0.508 e. The number of ether oxygens (including phenoxy) is 1. The highest BCUT2D eigenvalue weighted by Crippen LogP contribution is 2.36. The highest BCUT2D eigenvalue weighted by molar-refractivity contribution is 5.97. The van der Waals surface area contributed by atoms with E-state index >= 15 is 0 Å². The predicted octanol–water partition coefficient (Wildman–Crippen LogP) is 3.90. The van der Waals surface area contributed by atoms with Crippen LogP contribution in [0.5, 0.6) is 5.75 Å². The fourth-order valence-electron chi connectivity index (χ4n) is 5.57. The van der Waals surface area contributed by atoms with E-state index in [1.54, 1.807) is 48.5 Å². The van der Waals surface area contributed by atoms with Gasteiger partial charge in [0.25, 0.3) is 5.91 Å². The van der Waals surface area contributed by atoms with Crippen LogP contribution >= 0.6 is 0 Å². The molecule has 3 fully saturated rings. The first-order valence-electron chi connectivity index (χ1n) is 12.7. The van der Waals surface area contributed by atoms with Gasteiger partial charge in [0.1, 0.15) is 18.8 Å². The first-order chi connectivity index (χ1) is 17.9. The molecule has 0 saturated carbocycles. The van der Waals surface area contributed by atoms with E-state index in [-0.39, 0.29) is 29.5 Å². The van der Waals surface area contributed by atoms with Crippen LogP contribution < -0.4 is 5.32 Å². The fraction of sp³-hybridized carbons (Fsp3) is 0.300. The standard InChI is InChI=1S/C30H30N2O5/c33-25-13-11-21(12-14-25)26(34)19-32-17-15-22(16-18-32)27(20-32)37-30(36)28(23-7-3-1-4-8-23)31-29(35)24-9-5-2-6-10-24/h1-14,22,27-28H,15-20H2,(H-,31,33,34,35)/p+1. The molecule has 3 heterocycles. The van der Waals surface area contributed by atoms with Gasteiger partial charge in [0.2, 0.25) is 5.78 Å². The van der Waals surface area contributed by atoms with Crippen molar-refractivity contribution in [1.82, 2.24) is 5.32 Å². The van der Waals surface area contributed by atoms with Crippen molar-refractivity contribution in [3.63, 3.8) is 0 Å². The van der Waals surface area contributed by atoms with Crippen molar-refractivity contribution in [1.29, 1.82) is 0 Å². The molecule has 2 unspecified atom stereocenters. The Kier molecular flexibility index (Phi) is 7.06. The van der Waals surface area contributed by atoms with Gasteiger partial charge in [-0.3, -0.25) is 9.59 Å².